The second kappa shape index (κ2) is 6.54. The number of hydrogen-bond donors (Lipinski definition) is 0. The van der Waals surface area contributed by atoms with Gasteiger partial charge in [0.2, 0.25) is 10.0 Å². The van der Waals surface area contributed by atoms with Crippen molar-refractivity contribution in [1.29, 1.82) is 0 Å². The molecular formula is C14H19ClN2O4S. The molecule has 1 heterocycles. The van der Waals surface area contributed by atoms with Crippen molar-refractivity contribution in [2.45, 2.75) is 17.9 Å². The molecule has 1 amide bonds. The third kappa shape index (κ3) is 3.43. The van der Waals surface area contributed by atoms with E-state index in [1.807, 2.05) is 6.92 Å². The van der Waals surface area contributed by atoms with Gasteiger partial charge in [-0.1, -0.05) is 11.6 Å². The third-order valence-electron chi connectivity index (χ3n) is 3.48. The van der Waals surface area contributed by atoms with E-state index in [1.54, 1.807) is 4.90 Å². The van der Waals surface area contributed by atoms with Crippen LogP contribution >= 0.6 is 11.6 Å². The molecule has 1 saturated heterocycles. The zero-order chi connectivity index (χ0) is 16.5. The normalized spacial score (nSPS) is 19.5. The molecular weight excluding hydrogens is 328 g/mol. The predicted octanol–water partition coefficient (Wildman–Crippen LogP) is 1.45. The molecule has 1 atom stereocenters. The molecule has 0 aliphatic carbocycles. The number of halogens is 1. The van der Waals surface area contributed by atoms with Gasteiger partial charge in [0, 0.05) is 27.2 Å². The van der Waals surface area contributed by atoms with Crippen molar-refractivity contribution >= 4 is 27.5 Å². The molecule has 0 spiro atoms. The molecule has 1 unspecified atom stereocenters. The first-order valence-electron chi connectivity index (χ1n) is 6.86. The van der Waals surface area contributed by atoms with Crippen LogP contribution in [-0.2, 0) is 14.8 Å². The molecule has 1 aromatic rings. The first-order chi connectivity index (χ1) is 10.2. The molecule has 122 valence electrons. The van der Waals surface area contributed by atoms with Crippen LogP contribution in [-0.4, -0.2) is 63.4 Å². The van der Waals surface area contributed by atoms with Crippen LogP contribution in [0.4, 0.5) is 0 Å². The molecule has 0 radical (unpaired) electrons. The summed E-state index contributed by atoms with van der Waals surface area (Å²) < 4.78 is 30.9. The van der Waals surface area contributed by atoms with Gasteiger partial charge in [0.15, 0.2) is 0 Å². The van der Waals surface area contributed by atoms with Crippen molar-refractivity contribution in [3.05, 3.63) is 28.8 Å². The van der Waals surface area contributed by atoms with Crippen LogP contribution in [0.5, 0.6) is 0 Å². The van der Waals surface area contributed by atoms with Crippen LogP contribution in [0.1, 0.15) is 17.3 Å². The molecule has 1 aliphatic rings. The number of nitrogens with zero attached hydrogens (tertiary/aromatic N) is 2. The molecule has 8 heteroatoms. The molecule has 0 saturated carbocycles. The first-order valence-corrected chi connectivity index (χ1v) is 8.68. The van der Waals surface area contributed by atoms with Gasteiger partial charge in [-0.25, -0.2) is 12.7 Å². The molecule has 6 nitrogen and oxygen atoms in total. The summed E-state index contributed by atoms with van der Waals surface area (Å²) in [5.41, 5.74) is 0.193. The average Bonchev–Trinajstić information content (AvgIpc) is 2.46. The molecule has 2 rings (SSSR count). The summed E-state index contributed by atoms with van der Waals surface area (Å²) in [6, 6.07) is 4.17. The lowest BCUT2D eigenvalue weighted by Crippen LogP contribution is -2.44. The number of sulfonamides is 1. The van der Waals surface area contributed by atoms with E-state index in [2.05, 4.69) is 0 Å². The number of carbonyl (C=O) groups excluding carboxylic acids is 1. The number of carbonyl (C=O) groups is 1. The lowest BCUT2D eigenvalue weighted by Gasteiger charge is -2.31. The highest BCUT2D eigenvalue weighted by atomic mass is 35.5. The van der Waals surface area contributed by atoms with E-state index in [9.17, 15) is 13.2 Å². The Kier molecular flexibility index (Phi) is 5.11. The zero-order valence-electron chi connectivity index (χ0n) is 12.7. The molecule has 0 N–H and O–H groups in total. The second-order valence-electron chi connectivity index (χ2n) is 5.36. The standard InChI is InChI=1S/C14H19ClN2O4S/c1-10-9-17(6-7-21-10)14(18)12-8-11(4-5-13(12)15)22(19,20)16(2)3/h4-5,8,10H,6-7,9H2,1-3H3. The number of ether oxygens (including phenoxy) is 1. The van der Waals surface area contributed by atoms with Crippen LogP contribution in [0.15, 0.2) is 23.1 Å². The van der Waals surface area contributed by atoms with Crippen molar-refractivity contribution in [1.82, 2.24) is 9.21 Å². The maximum absolute atomic E-state index is 12.6. The maximum atomic E-state index is 12.6. The summed E-state index contributed by atoms with van der Waals surface area (Å²) in [5, 5.41) is 0.238. The topological polar surface area (TPSA) is 66.9 Å². The Bertz CT molecular complexity index is 675. The van der Waals surface area contributed by atoms with Crippen LogP contribution in [0.25, 0.3) is 0 Å². The van der Waals surface area contributed by atoms with Gasteiger partial charge in [0.25, 0.3) is 5.91 Å². The highest BCUT2D eigenvalue weighted by molar-refractivity contribution is 7.89. The third-order valence-corrected chi connectivity index (χ3v) is 5.62. The summed E-state index contributed by atoms with van der Waals surface area (Å²) in [7, 11) is -0.733. The summed E-state index contributed by atoms with van der Waals surface area (Å²) in [4.78, 5) is 14.3. The number of rotatable bonds is 3. The van der Waals surface area contributed by atoms with Crippen molar-refractivity contribution in [2.24, 2.45) is 0 Å². The Labute approximate surface area is 135 Å². The van der Waals surface area contributed by atoms with E-state index in [1.165, 1.54) is 32.3 Å². The van der Waals surface area contributed by atoms with Gasteiger partial charge < -0.3 is 9.64 Å². The monoisotopic (exact) mass is 346 g/mol. The fraction of sp³-hybridized carbons (Fsp3) is 0.500. The van der Waals surface area contributed by atoms with Crippen LogP contribution in [0.2, 0.25) is 5.02 Å². The minimum Gasteiger partial charge on any atom is -0.375 e. The lowest BCUT2D eigenvalue weighted by atomic mass is 10.1. The summed E-state index contributed by atoms with van der Waals surface area (Å²) >= 11 is 6.09. The van der Waals surface area contributed by atoms with Crippen molar-refractivity contribution < 1.29 is 17.9 Å². The minimum atomic E-state index is -3.61. The SMILES string of the molecule is CC1CN(C(=O)c2cc(S(=O)(=O)N(C)C)ccc2Cl)CCO1. The molecule has 1 aliphatic heterocycles. The van der Waals surface area contributed by atoms with Crippen LogP contribution < -0.4 is 0 Å². The number of hydrogen-bond acceptors (Lipinski definition) is 4. The number of benzene rings is 1. The van der Waals surface area contributed by atoms with Gasteiger partial charge >= 0.3 is 0 Å². The van der Waals surface area contributed by atoms with E-state index in [0.717, 1.165) is 4.31 Å². The molecule has 0 bridgehead atoms. The smallest absolute Gasteiger partial charge is 0.255 e. The van der Waals surface area contributed by atoms with E-state index in [-0.39, 0.29) is 27.5 Å². The quantitative estimate of drug-likeness (QED) is 0.830. The maximum Gasteiger partial charge on any atom is 0.255 e. The van der Waals surface area contributed by atoms with Crippen molar-refractivity contribution in [3.8, 4) is 0 Å². The molecule has 0 aromatic heterocycles. The summed E-state index contributed by atoms with van der Waals surface area (Å²) in [6.07, 6.45) is -0.0508. The number of morpholine rings is 1. The Morgan fingerprint density at radius 2 is 2.09 bits per heavy atom. The van der Waals surface area contributed by atoms with E-state index in [0.29, 0.717) is 19.7 Å². The second-order valence-corrected chi connectivity index (χ2v) is 7.92. The van der Waals surface area contributed by atoms with Gasteiger partial charge in [-0.2, -0.15) is 0 Å². The molecule has 1 fully saturated rings. The van der Waals surface area contributed by atoms with E-state index < -0.39 is 10.0 Å². The summed E-state index contributed by atoms with van der Waals surface area (Å²) in [5.74, 6) is -0.282. The largest absolute Gasteiger partial charge is 0.375 e. The molecule has 1 aromatic carbocycles. The number of amides is 1. The van der Waals surface area contributed by atoms with E-state index >= 15 is 0 Å². The van der Waals surface area contributed by atoms with Gasteiger partial charge in [0.05, 0.1) is 28.2 Å². The van der Waals surface area contributed by atoms with Gasteiger partial charge in [-0.3, -0.25) is 4.79 Å². The minimum absolute atomic E-state index is 0.0477. The Morgan fingerprint density at radius 1 is 1.41 bits per heavy atom. The van der Waals surface area contributed by atoms with Gasteiger partial charge in [-0.15, -0.1) is 0 Å². The van der Waals surface area contributed by atoms with Gasteiger partial charge in [-0.05, 0) is 25.1 Å². The van der Waals surface area contributed by atoms with Crippen molar-refractivity contribution in [3.63, 3.8) is 0 Å². The predicted molar refractivity (Wildman–Crippen MR) is 83.6 cm³/mol. The van der Waals surface area contributed by atoms with Crippen molar-refractivity contribution in [2.75, 3.05) is 33.8 Å². The average molecular weight is 347 g/mol. The zero-order valence-corrected chi connectivity index (χ0v) is 14.3. The first kappa shape index (κ1) is 17.2. The fourth-order valence-corrected chi connectivity index (χ4v) is 3.34. The molecule has 22 heavy (non-hydrogen) atoms. The highest BCUT2D eigenvalue weighted by Crippen LogP contribution is 2.24. The van der Waals surface area contributed by atoms with Gasteiger partial charge in [0.1, 0.15) is 0 Å². The Balaban J connectivity index is 2.37. The van der Waals surface area contributed by atoms with Crippen LogP contribution in [0, 0.1) is 0 Å². The highest BCUT2D eigenvalue weighted by Gasteiger charge is 2.26. The Hall–Kier alpha value is -1.15. The lowest BCUT2D eigenvalue weighted by molar-refractivity contribution is -0.0124. The Morgan fingerprint density at radius 3 is 2.68 bits per heavy atom. The van der Waals surface area contributed by atoms with E-state index in [4.69, 9.17) is 16.3 Å². The summed E-state index contributed by atoms with van der Waals surface area (Å²) in [6.45, 7) is 3.26. The van der Waals surface area contributed by atoms with Crippen LogP contribution in [0.3, 0.4) is 0 Å². The fourth-order valence-electron chi connectivity index (χ4n) is 2.21.